The van der Waals surface area contributed by atoms with Gasteiger partial charge in [0.15, 0.2) is 6.29 Å². The zero-order valence-corrected chi connectivity index (χ0v) is 8.84. The number of carbonyl (C=O) groups excluding carboxylic acids is 1. The lowest BCUT2D eigenvalue weighted by Gasteiger charge is -2.14. The lowest BCUT2D eigenvalue weighted by molar-refractivity contribution is -0.138. The van der Waals surface area contributed by atoms with Crippen LogP contribution < -0.4 is 4.74 Å². The number of hydrogen-bond acceptors (Lipinski definition) is 3. The minimum Gasteiger partial charge on any atom is -0.497 e. The van der Waals surface area contributed by atoms with Crippen LogP contribution in [0.25, 0.3) is 0 Å². The van der Waals surface area contributed by atoms with Crippen LogP contribution >= 0.6 is 0 Å². The van der Waals surface area contributed by atoms with Gasteiger partial charge in [-0.05, 0) is 17.7 Å². The van der Waals surface area contributed by atoms with E-state index >= 15 is 0 Å². The largest absolute Gasteiger partial charge is 0.497 e. The average molecular weight is 243 g/mol. The predicted molar refractivity (Wildman–Crippen MR) is 52.7 cm³/mol. The van der Waals surface area contributed by atoms with E-state index in [2.05, 4.69) is 0 Å². The van der Waals surface area contributed by atoms with Crippen LogP contribution in [0.2, 0.25) is 0 Å². The van der Waals surface area contributed by atoms with Crippen molar-refractivity contribution in [3.8, 4) is 11.8 Å². The van der Waals surface area contributed by atoms with E-state index in [1.807, 2.05) is 0 Å². The van der Waals surface area contributed by atoms with Gasteiger partial charge in [-0.1, -0.05) is 0 Å². The molecule has 1 aromatic rings. The molecule has 0 amide bonds. The number of hydrogen-bond donors (Lipinski definition) is 0. The quantitative estimate of drug-likeness (QED) is 0.766. The van der Waals surface area contributed by atoms with Gasteiger partial charge in [0.05, 0.1) is 25.2 Å². The number of carbonyl (C=O) groups is 1. The highest BCUT2D eigenvalue weighted by Crippen LogP contribution is 2.36. The molecular weight excluding hydrogens is 235 g/mol. The highest BCUT2D eigenvalue weighted by atomic mass is 19.4. The maximum Gasteiger partial charge on any atom is 0.417 e. The first-order chi connectivity index (χ1) is 7.93. The number of nitriles is 1. The summed E-state index contributed by atoms with van der Waals surface area (Å²) in [6.07, 6.45) is -5.01. The third kappa shape index (κ3) is 2.75. The van der Waals surface area contributed by atoms with Gasteiger partial charge in [-0.2, -0.15) is 18.4 Å². The molecule has 0 atom stereocenters. The highest BCUT2D eigenvalue weighted by molar-refractivity contribution is 5.79. The van der Waals surface area contributed by atoms with Crippen molar-refractivity contribution in [2.75, 3.05) is 7.11 Å². The van der Waals surface area contributed by atoms with Gasteiger partial charge < -0.3 is 4.74 Å². The van der Waals surface area contributed by atoms with E-state index < -0.39 is 23.7 Å². The second-order valence-electron chi connectivity index (χ2n) is 3.20. The molecule has 90 valence electrons. The average Bonchev–Trinajstić information content (AvgIpc) is 2.26. The first-order valence-electron chi connectivity index (χ1n) is 4.54. The SMILES string of the molecule is COc1cc(C=O)c(C(F)(F)F)c(CC#N)c1. The van der Waals surface area contributed by atoms with Crippen LogP contribution in [0.5, 0.6) is 5.75 Å². The summed E-state index contributed by atoms with van der Waals surface area (Å²) in [5.74, 6) is 0.116. The van der Waals surface area contributed by atoms with Crippen LogP contribution in [0.1, 0.15) is 21.5 Å². The third-order valence-electron chi connectivity index (χ3n) is 2.14. The molecule has 0 unspecified atom stereocenters. The van der Waals surface area contributed by atoms with Gasteiger partial charge >= 0.3 is 6.18 Å². The molecular formula is C11H8F3NO2. The highest BCUT2D eigenvalue weighted by Gasteiger charge is 2.36. The lowest BCUT2D eigenvalue weighted by Crippen LogP contribution is -2.13. The monoisotopic (exact) mass is 243 g/mol. The Balaban J connectivity index is 3.53. The van der Waals surface area contributed by atoms with E-state index in [1.54, 1.807) is 6.07 Å². The lowest BCUT2D eigenvalue weighted by atomic mass is 9.98. The van der Waals surface area contributed by atoms with Gasteiger partial charge in [-0.25, -0.2) is 0 Å². The van der Waals surface area contributed by atoms with Gasteiger partial charge in [0, 0.05) is 5.56 Å². The second-order valence-corrected chi connectivity index (χ2v) is 3.20. The van der Waals surface area contributed by atoms with Crippen LogP contribution in [-0.4, -0.2) is 13.4 Å². The maximum absolute atomic E-state index is 12.7. The summed E-state index contributed by atoms with van der Waals surface area (Å²) in [5.41, 5.74) is -1.86. The Morgan fingerprint density at radius 3 is 2.53 bits per heavy atom. The summed E-state index contributed by atoms with van der Waals surface area (Å²) < 4.78 is 43.0. The Bertz CT molecular complexity index is 475. The summed E-state index contributed by atoms with van der Waals surface area (Å²) in [4.78, 5) is 10.7. The molecule has 0 aliphatic carbocycles. The smallest absolute Gasteiger partial charge is 0.417 e. The summed E-state index contributed by atoms with van der Waals surface area (Å²) in [7, 11) is 1.27. The molecule has 17 heavy (non-hydrogen) atoms. The standard InChI is InChI=1S/C11H8F3NO2/c1-17-9-4-7(2-3-15)10(11(12,13)14)8(5-9)6-16/h4-6H,2H2,1H3. The number of nitrogens with zero attached hydrogens (tertiary/aromatic N) is 1. The van der Waals surface area contributed by atoms with Crippen molar-refractivity contribution in [2.45, 2.75) is 12.6 Å². The molecule has 0 aromatic heterocycles. The first kappa shape index (κ1) is 13.0. The van der Waals surface area contributed by atoms with Crippen molar-refractivity contribution in [3.63, 3.8) is 0 Å². The molecule has 0 heterocycles. The van der Waals surface area contributed by atoms with Crippen molar-refractivity contribution in [2.24, 2.45) is 0 Å². The number of methoxy groups -OCH3 is 1. The Morgan fingerprint density at radius 2 is 2.12 bits per heavy atom. The minimum absolute atomic E-state index is 0.103. The third-order valence-corrected chi connectivity index (χ3v) is 2.14. The Labute approximate surface area is 95.4 Å². The molecule has 6 heteroatoms. The topological polar surface area (TPSA) is 50.1 Å². The molecule has 0 bridgehead atoms. The number of benzene rings is 1. The normalized spacial score (nSPS) is 10.8. The molecule has 0 radical (unpaired) electrons. The summed E-state index contributed by atoms with van der Waals surface area (Å²) in [5, 5.41) is 8.49. The van der Waals surface area contributed by atoms with Crippen LogP contribution in [0, 0.1) is 11.3 Å². The van der Waals surface area contributed by atoms with Crippen LogP contribution in [-0.2, 0) is 12.6 Å². The maximum atomic E-state index is 12.7. The molecule has 1 rings (SSSR count). The van der Waals surface area contributed by atoms with Gasteiger partial charge in [-0.15, -0.1) is 0 Å². The zero-order valence-electron chi connectivity index (χ0n) is 8.84. The molecule has 0 aliphatic heterocycles. The van der Waals surface area contributed by atoms with E-state index in [4.69, 9.17) is 10.00 Å². The van der Waals surface area contributed by atoms with E-state index in [1.165, 1.54) is 7.11 Å². The van der Waals surface area contributed by atoms with Crippen molar-refractivity contribution in [1.82, 2.24) is 0 Å². The number of halogens is 3. The summed E-state index contributed by atoms with van der Waals surface area (Å²) >= 11 is 0. The van der Waals surface area contributed by atoms with Crippen molar-refractivity contribution in [3.05, 3.63) is 28.8 Å². The molecule has 1 aromatic carbocycles. The molecule has 0 fully saturated rings. The Morgan fingerprint density at radius 1 is 1.47 bits per heavy atom. The van der Waals surface area contributed by atoms with Gasteiger partial charge in [0.2, 0.25) is 0 Å². The van der Waals surface area contributed by atoms with E-state index in [0.29, 0.717) is 0 Å². The minimum atomic E-state index is -4.67. The molecule has 0 spiro atoms. The Kier molecular flexibility index (Phi) is 3.73. The van der Waals surface area contributed by atoms with Crippen molar-refractivity contribution < 1.29 is 22.7 Å². The summed E-state index contributed by atoms with van der Waals surface area (Å²) in [6, 6.07) is 3.73. The van der Waals surface area contributed by atoms with E-state index in [0.717, 1.165) is 12.1 Å². The second kappa shape index (κ2) is 4.87. The van der Waals surface area contributed by atoms with Crippen LogP contribution in [0.4, 0.5) is 13.2 Å². The fourth-order valence-electron chi connectivity index (χ4n) is 1.48. The molecule has 0 saturated carbocycles. The van der Waals surface area contributed by atoms with Gasteiger partial charge in [0.1, 0.15) is 5.75 Å². The zero-order chi connectivity index (χ0) is 13.1. The molecule has 0 saturated heterocycles. The Hall–Kier alpha value is -2.03. The number of aldehydes is 1. The fourth-order valence-corrected chi connectivity index (χ4v) is 1.48. The van der Waals surface area contributed by atoms with Crippen LogP contribution in [0.15, 0.2) is 12.1 Å². The molecule has 0 aliphatic rings. The number of rotatable bonds is 3. The van der Waals surface area contributed by atoms with E-state index in [-0.39, 0.29) is 17.6 Å². The number of ether oxygens (including phenoxy) is 1. The van der Waals surface area contributed by atoms with Gasteiger partial charge in [-0.3, -0.25) is 4.79 Å². The molecule has 0 N–H and O–H groups in total. The fraction of sp³-hybridized carbons (Fsp3) is 0.273. The first-order valence-corrected chi connectivity index (χ1v) is 4.54. The summed E-state index contributed by atoms with van der Waals surface area (Å²) in [6.45, 7) is 0. The van der Waals surface area contributed by atoms with E-state index in [9.17, 15) is 18.0 Å². The predicted octanol–water partition coefficient (Wildman–Crippen LogP) is 2.59. The van der Waals surface area contributed by atoms with Crippen LogP contribution in [0.3, 0.4) is 0 Å². The molecule has 3 nitrogen and oxygen atoms in total. The van der Waals surface area contributed by atoms with Crippen molar-refractivity contribution >= 4 is 6.29 Å². The van der Waals surface area contributed by atoms with Crippen molar-refractivity contribution in [1.29, 1.82) is 5.26 Å². The number of alkyl halides is 3. The van der Waals surface area contributed by atoms with Gasteiger partial charge in [0.25, 0.3) is 0 Å².